The number of alkyl halides is 5. The molecule has 1 aromatic rings. The molecule has 0 fully saturated rings. The Kier molecular flexibility index (Phi) is 6.26. The third kappa shape index (κ3) is 5.47. The normalized spacial score (nSPS) is 14.0. The summed E-state index contributed by atoms with van der Waals surface area (Å²) >= 11 is 0. The molecular formula is C13H10F5O6S-. The molecule has 0 radical (unpaired) electrons. The summed E-state index contributed by atoms with van der Waals surface area (Å²) in [5.41, 5.74) is 0.633. The van der Waals surface area contributed by atoms with E-state index < -0.39 is 40.2 Å². The standard InChI is InChI=1S/C13H11F5O6S/c1-2-8-3-5-9(6-4-8)24-10(19)7-23-11(12(14,15)16)13(17,18)25(20,21)22/h2-6,11H,1,7H2,(H,20,21,22)/p-1. The summed E-state index contributed by atoms with van der Waals surface area (Å²) in [6.07, 6.45) is -8.79. The minimum absolute atomic E-state index is 0.133. The average Bonchev–Trinajstić information content (AvgIpc) is 2.45. The van der Waals surface area contributed by atoms with Gasteiger partial charge in [0.05, 0.1) is 0 Å². The number of hydrogen-bond acceptors (Lipinski definition) is 6. The van der Waals surface area contributed by atoms with E-state index in [2.05, 4.69) is 16.1 Å². The highest BCUT2D eigenvalue weighted by molar-refractivity contribution is 7.86. The van der Waals surface area contributed by atoms with Gasteiger partial charge in [0, 0.05) is 0 Å². The van der Waals surface area contributed by atoms with E-state index in [9.17, 15) is 39.7 Å². The van der Waals surface area contributed by atoms with Crippen molar-refractivity contribution in [3.63, 3.8) is 0 Å². The second kappa shape index (κ2) is 7.45. The summed E-state index contributed by atoms with van der Waals surface area (Å²) in [6.45, 7) is 1.79. The van der Waals surface area contributed by atoms with Crippen LogP contribution in [0.3, 0.4) is 0 Å². The molecule has 0 saturated carbocycles. The topological polar surface area (TPSA) is 92.7 Å². The molecule has 1 atom stereocenters. The largest absolute Gasteiger partial charge is 0.743 e. The Morgan fingerprint density at radius 1 is 1.20 bits per heavy atom. The third-order valence-corrected chi connectivity index (χ3v) is 3.53. The molecule has 0 heterocycles. The molecule has 25 heavy (non-hydrogen) atoms. The lowest BCUT2D eigenvalue weighted by Gasteiger charge is -2.29. The van der Waals surface area contributed by atoms with Gasteiger partial charge in [-0.25, -0.2) is 13.2 Å². The van der Waals surface area contributed by atoms with Gasteiger partial charge in [0.15, 0.2) is 10.1 Å². The Labute approximate surface area is 138 Å². The van der Waals surface area contributed by atoms with Crippen LogP contribution in [0.25, 0.3) is 6.08 Å². The number of benzene rings is 1. The molecule has 0 aliphatic carbocycles. The fourth-order valence-electron chi connectivity index (χ4n) is 1.50. The van der Waals surface area contributed by atoms with E-state index in [0.29, 0.717) is 5.56 Å². The van der Waals surface area contributed by atoms with E-state index in [1.807, 2.05) is 0 Å². The maximum atomic E-state index is 13.1. The van der Waals surface area contributed by atoms with Crippen LogP contribution in [-0.4, -0.2) is 43.1 Å². The minimum atomic E-state index is -6.69. The Balaban J connectivity index is 2.82. The molecule has 0 saturated heterocycles. The molecule has 0 amide bonds. The van der Waals surface area contributed by atoms with Gasteiger partial charge in [0.1, 0.15) is 12.4 Å². The van der Waals surface area contributed by atoms with Crippen LogP contribution in [0.4, 0.5) is 22.0 Å². The molecule has 140 valence electrons. The van der Waals surface area contributed by atoms with Crippen molar-refractivity contribution in [2.45, 2.75) is 17.5 Å². The first-order chi connectivity index (χ1) is 11.3. The maximum absolute atomic E-state index is 13.1. The molecule has 0 aliphatic heterocycles. The van der Waals surface area contributed by atoms with E-state index in [0.717, 1.165) is 0 Å². The van der Waals surface area contributed by atoms with Crippen molar-refractivity contribution >= 4 is 22.2 Å². The zero-order valence-corrected chi connectivity index (χ0v) is 12.9. The summed E-state index contributed by atoms with van der Waals surface area (Å²) < 4.78 is 103. The van der Waals surface area contributed by atoms with Gasteiger partial charge in [0.25, 0.3) is 0 Å². The highest BCUT2D eigenvalue weighted by Crippen LogP contribution is 2.37. The first-order valence-electron chi connectivity index (χ1n) is 6.23. The van der Waals surface area contributed by atoms with Crippen molar-refractivity contribution in [3.8, 4) is 5.75 Å². The van der Waals surface area contributed by atoms with Crippen molar-refractivity contribution in [1.82, 2.24) is 0 Å². The molecule has 1 aromatic carbocycles. The van der Waals surface area contributed by atoms with Crippen molar-refractivity contribution in [3.05, 3.63) is 36.4 Å². The van der Waals surface area contributed by atoms with Crippen molar-refractivity contribution in [1.29, 1.82) is 0 Å². The zero-order chi connectivity index (χ0) is 19.5. The molecule has 12 heteroatoms. The van der Waals surface area contributed by atoms with Crippen molar-refractivity contribution in [2.75, 3.05) is 6.61 Å². The van der Waals surface area contributed by atoms with Gasteiger partial charge >= 0.3 is 17.4 Å². The number of ether oxygens (including phenoxy) is 2. The van der Waals surface area contributed by atoms with Crippen LogP contribution >= 0.6 is 0 Å². The number of carbonyl (C=O) groups is 1. The number of rotatable bonds is 7. The zero-order valence-electron chi connectivity index (χ0n) is 12.1. The summed E-state index contributed by atoms with van der Waals surface area (Å²) in [6, 6.07) is 5.36. The second-order valence-corrected chi connectivity index (χ2v) is 5.95. The van der Waals surface area contributed by atoms with Crippen molar-refractivity contribution in [2.24, 2.45) is 0 Å². The average molecular weight is 389 g/mol. The van der Waals surface area contributed by atoms with E-state index >= 15 is 0 Å². The number of esters is 1. The SMILES string of the molecule is C=Cc1ccc(OC(=O)COC(C(F)(F)F)C(F)(F)S(=O)(=O)[O-])cc1. The van der Waals surface area contributed by atoms with E-state index in [4.69, 9.17) is 0 Å². The number of carbonyl (C=O) groups excluding carboxylic acids is 1. The van der Waals surface area contributed by atoms with Gasteiger partial charge in [-0.3, -0.25) is 0 Å². The van der Waals surface area contributed by atoms with Crippen LogP contribution in [-0.2, 0) is 19.6 Å². The monoisotopic (exact) mass is 389 g/mol. The second-order valence-electron chi connectivity index (χ2n) is 4.50. The third-order valence-electron chi connectivity index (χ3n) is 2.65. The summed E-state index contributed by atoms with van der Waals surface area (Å²) in [7, 11) is -6.69. The molecule has 1 rings (SSSR count). The molecule has 0 aliphatic rings. The van der Waals surface area contributed by atoms with Crippen LogP contribution in [0.15, 0.2) is 30.8 Å². The number of halogens is 5. The van der Waals surface area contributed by atoms with Gasteiger partial charge in [-0.05, 0) is 17.7 Å². The molecule has 0 N–H and O–H groups in total. The molecule has 6 nitrogen and oxygen atoms in total. The van der Waals surface area contributed by atoms with E-state index in [1.54, 1.807) is 0 Å². The van der Waals surface area contributed by atoms with Gasteiger partial charge in [-0.15, -0.1) is 0 Å². The minimum Gasteiger partial charge on any atom is -0.743 e. The number of hydrogen-bond donors (Lipinski definition) is 0. The van der Waals surface area contributed by atoms with Crippen molar-refractivity contribution < 1.29 is 49.2 Å². The van der Waals surface area contributed by atoms with Gasteiger partial charge in [-0.1, -0.05) is 24.8 Å². The lowest BCUT2D eigenvalue weighted by atomic mass is 10.2. The molecular weight excluding hydrogens is 379 g/mol. The predicted molar refractivity (Wildman–Crippen MR) is 72.6 cm³/mol. The van der Waals surface area contributed by atoms with Crippen LogP contribution in [0.2, 0.25) is 0 Å². The Morgan fingerprint density at radius 2 is 1.72 bits per heavy atom. The summed E-state index contributed by atoms with van der Waals surface area (Å²) in [4.78, 5) is 11.4. The fourth-order valence-corrected chi connectivity index (χ4v) is 1.96. The van der Waals surface area contributed by atoms with Gasteiger partial charge in [0.2, 0.25) is 6.10 Å². The van der Waals surface area contributed by atoms with E-state index in [1.165, 1.54) is 30.3 Å². The Hall–Kier alpha value is -2.05. The molecule has 0 spiro atoms. The molecule has 0 bridgehead atoms. The highest BCUT2D eigenvalue weighted by atomic mass is 32.2. The lowest BCUT2D eigenvalue weighted by molar-refractivity contribution is -0.263. The molecule has 0 aromatic heterocycles. The smallest absolute Gasteiger partial charge is 0.421 e. The molecule has 1 unspecified atom stereocenters. The Bertz CT molecular complexity index is 726. The lowest BCUT2D eigenvalue weighted by Crippen LogP contribution is -2.52. The van der Waals surface area contributed by atoms with Gasteiger partial charge in [-0.2, -0.15) is 22.0 Å². The quantitative estimate of drug-likeness (QED) is 0.308. The van der Waals surface area contributed by atoms with E-state index in [-0.39, 0.29) is 5.75 Å². The Morgan fingerprint density at radius 3 is 2.12 bits per heavy atom. The van der Waals surface area contributed by atoms with Crippen LogP contribution < -0.4 is 4.74 Å². The van der Waals surface area contributed by atoms with Crippen LogP contribution in [0.5, 0.6) is 5.75 Å². The maximum Gasteiger partial charge on any atom is 0.421 e. The first kappa shape index (κ1) is 21.0. The van der Waals surface area contributed by atoms with Crippen LogP contribution in [0.1, 0.15) is 5.56 Å². The predicted octanol–water partition coefficient (Wildman–Crippen LogP) is 2.32. The summed E-state index contributed by atoms with van der Waals surface area (Å²) in [5.74, 6) is -1.65. The van der Waals surface area contributed by atoms with Crippen LogP contribution in [0, 0.1) is 0 Å². The summed E-state index contributed by atoms with van der Waals surface area (Å²) in [5, 5.41) is -5.82. The fraction of sp³-hybridized carbons (Fsp3) is 0.308. The highest BCUT2D eigenvalue weighted by Gasteiger charge is 2.61. The van der Waals surface area contributed by atoms with Gasteiger partial charge < -0.3 is 14.0 Å². The first-order valence-corrected chi connectivity index (χ1v) is 7.64.